The van der Waals surface area contributed by atoms with E-state index in [4.69, 9.17) is 21.1 Å². The minimum atomic E-state index is -0.577. The van der Waals surface area contributed by atoms with Gasteiger partial charge in [-0.05, 0) is 24.3 Å². The van der Waals surface area contributed by atoms with E-state index in [1.807, 2.05) is 0 Å². The zero-order valence-corrected chi connectivity index (χ0v) is 10.6. The van der Waals surface area contributed by atoms with Gasteiger partial charge in [-0.25, -0.2) is 4.98 Å². The van der Waals surface area contributed by atoms with Crippen LogP contribution in [0.1, 0.15) is 0 Å². The van der Waals surface area contributed by atoms with Crippen LogP contribution in [0.4, 0.5) is 5.69 Å². The number of hydrogen-bond acceptors (Lipinski definition) is 5. The maximum Gasteiger partial charge on any atom is 0.316 e. The molecule has 0 spiro atoms. The Labute approximate surface area is 113 Å². The molecule has 1 aromatic carbocycles. The lowest BCUT2D eigenvalue weighted by Gasteiger charge is -2.06. The van der Waals surface area contributed by atoms with Gasteiger partial charge in [-0.2, -0.15) is 0 Å². The van der Waals surface area contributed by atoms with Crippen molar-refractivity contribution in [1.82, 2.24) is 4.98 Å². The van der Waals surface area contributed by atoms with Crippen LogP contribution in [0.2, 0.25) is 5.15 Å². The van der Waals surface area contributed by atoms with Gasteiger partial charge in [0.15, 0.2) is 0 Å². The Morgan fingerprint density at radius 3 is 2.47 bits per heavy atom. The van der Waals surface area contributed by atoms with Crippen molar-refractivity contribution >= 4 is 17.3 Å². The normalized spacial score (nSPS) is 10.0. The first kappa shape index (κ1) is 13.1. The largest absolute Gasteiger partial charge is 0.497 e. The fraction of sp³-hybridized carbons (Fsp3) is 0.0833. The molecule has 0 saturated heterocycles. The summed E-state index contributed by atoms with van der Waals surface area (Å²) in [6, 6.07) is 7.78. The highest BCUT2D eigenvalue weighted by Crippen LogP contribution is 2.32. The molecule has 0 aliphatic heterocycles. The number of halogens is 1. The summed E-state index contributed by atoms with van der Waals surface area (Å²) in [5, 5.41) is 10.9. The van der Waals surface area contributed by atoms with Crippen LogP contribution in [0, 0.1) is 10.1 Å². The number of aromatic nitrogens is 1. The third-order valence-corrected chi connectivity index (χ3v) is 2.50. The van der Waals surface area contributed by atoms with Gasteiger partial charge in [0.1, 0.15) is 16.7 Å². The molecule has 1 aromatic heterocycles. The highest BCUT2D eigenvalue weighted by molar-refractivity contribution is 6.29. The van der Waals surface area contributed by atoms with Crippen molar-refractivity contribution in [2.75, 3.05) is 7.11 Å². The Morgan fingerprint density at radius 2 is 1.89 bits per heavy atom. The van der Waals surface area contributed by atoms with Gasteiger partial charge in [-0.3, -0.25) is 10.1 Å². The third kappa shape index (κ3) is 3.11. The van der Waals surface area contributed by atoms with Crippen LogP contribution in [0.5, 0.6) is 17.2 Å². The fourth-order valence-electron chi connectivity index (χ4n) is 1.40. The molecule has 0 saturated carbocycles. The number of ether oxygens (including phenoxy) is 2. The zero-order valence-electron chi connectivity index (χ0n) is 9.87. The lowest BCUT2D eigenvalue weighted by atomic mass is 10.3. The second kappa shape index (κ2) is 5.53. The highest BCUT2D eigenvalue weighted by Gasteiger charge is 2.17. The molecule has 98 valence electrons. The Hall–Kier alpha value is -2.34. The summed E-state index contributed by atoms with van der Waals surface area (Å²) in [5.74, 6) is 1.13. The first-order valence-corrected chi connectivity index (χ1v) is 5.60. The van der Waals surface area contributed by atoms with E-state index in [-0.39, 0.29) is 16.6 Å². The number of benzene rings is 1. The van der Waals surface area contributed by atoms with E-state index < -0.39 is 4.92 Å². The van der Waals surface area contributed by atoms with E-state index in [1.54, 1.807) is 31.4 Å². The number of rotatable bonds is 4. The van der Waals surface area contributed by atoms with Crippen molar-refractivity contribution < 1.29 is 14.4 Å². The molecule has 0 fully saturated rings. The predicted molar refractivity (Wildman–Crippen MR) is 69.0 cm³/mol. The van der Waals surface area contributed by atoms with Gasteiger partial charge in [0.2, 0.25) is 5.75 Å². The zero-order chi connectivity index (χ0) is 13.8. The van der Waals surface area contributed by atoms with E-state index in [9.17, 15) is 10.1 Å². The third-order valence-electron chi connectivity index (χ3n) is 2.30. The van der Waals surface area contributed by atoms with Crippen LogP contribution in [-0.2, 0) is 0 Å². The topological polar surface area (TPSA) is 74.5 Å². The SMILES string of the molecule is COc1ccc(Oc2cnc(Cl)cc2[N+](=O)[O-])cc1. The number of nitrogens with zero attached hydrogens (tertiary/aromatic N) is 2. The van der Waals surface area contributed by atoms with Crippen molar-refractivity contribution in [3.05, 3.63) is 51.8 Å². The molecule has 0 N–H and O–H groups in total. The van der Waals surface area contributed by atoms with E-state index in [0.717, 1.165) is 6.07 Å². The quantitative estimate of drug-likeness (QED) is 0.487. The number of pyridine rings is 1. The molecule has 0 aliphatic rings. The van der Waals surface area contributed by atoms with Gasteiger partial charge in [-0.1, -0.05) is 11.6 Å². The van der Waals surface area contributed by atoms with Gasteiger partial charge in [0, 0.05) is 0 Å². The van der Waals surface area contributed by atoms with E-state index in [1.165, 1.54) is 6.20 Å². The molecule has 0 amide bonds. The molecule has 2 rings (SSSR count). The molecule has 7 heteroatoms. The summed E-state index contributed by atoms with van der Waals surface area (Å²) in [7, 11) is 1.55. The first-order valence-electron chi connectivity index (χ1n) is 5.22. The Morgan fingerprint density at radius 1 is 1.26 bits per heavy atom. The Kier molecular flexibility index (Phi) is 3.82. The molecule has 0 unspecified atom stereocenters. The molecule has 0 aliphatic carbocycles. The number of hydrogen-bond donors (Lipinski definition) is 0. The summed E-state index contributed by atoms with van der Waals surface area (Å²) >= 11 is 5.62. The van der Waals surface area contributed by atoms with Crippen molar-refractivity contribution in [3.8, 4) is 17.2 Å². The standard InChI is InChI=1S/C12H9ClN2O4/c1-18-8-2-4-9(5-3-8)19-11-7-14-12(13)6-10(11)15(16)17/h2-7H,1H3. The summed E-state index contributed by atoms with van der Waals surface area (Å²) in [6.07, 6.45) is 1.21. The predicted octanol–water partition coefficient (Wildman–Crippen LogP) is 3.44. The average Bonchev–Trinajstić information content (AvgIpc) is 2.41. The maximum atomic E-state index is 10.9. The average molecular weight is 281 g/mol. The van der Waals surface area contributed by atoms with Crippen molar-refractivity contribution in [3.63, 3.8) is 0 Å². The highest BCUT2D eigenvalue weighted by atomic mass is 35.5. The lowest BCUT2D eigenvalue weighted by Crippen LogP contribution is -1.94. The minimum Gasteiger partial charge on any atom is -0.497 e. The molecule has 0 bridgehead atoms. The molecule has 0 atom stereocenters. The number of nitro groups is 1. The van der Waals surface area contributed by atoms with E-state index >= 15 is 0 Å². The summed E-state index contributed by atoms with van der Waals surface area (Å²) < 4.78 is 10.4. The van der Waals surface area contributed by atoms with Crippen molar-refractivity contribution in [2.45, 2.75) is 0 Å². The van der Waals surface area contributed by atoms with E-state index in [2.05, 4.69) is 4.98 Å². The van der Waals surface area contributed by atoms with Gasteiger partial charge < -0.3 is 9.47 Å². The second-order valence-corrected chi connectivity index (χ2v) is 3.90. The van der Waals surface area contributed by atoms with Crippen LogP contribution in [0.3, 0.4) is 0 Å². The Bertz CT molecular complexity index is 601. The molecular formula is C12H9ClN2O4. The van der Waals surface area contributed by atoms with Crippen LogP contribution in [-0.4, -0.2) is 17.0 Å². The maximum absolute atomic E-state index is 10.9. The molecule has 6 nitrogen and oxygen atoms in total. The molecule has 19 heavy (non-hydrogen) atoms. The molecule has 0 radical (unpaired) electrons. The summed E-state index contributed by atoms with van der Waals surface area (Å²) in [4.78, 5) is 14.1. The van der Waals surface area contributed by atoms with Gasteiger partial charge in [0.05, 0.1) is 24.3 Å². The second-order valence-electron chi connectivity index (χ2n) is 3.51. The van der Waals surface area contributed by atoms with Crippen LogP contribution < -0.4 is 9.47 Å². The van der Waals surface area contributed by atoms with Crippen LogP contribution in [0.25, 0.3) is 0 Å². The van der Waals surface area contributed by atoms with Crippen LogP contribution >= 0.6 is 11.6 Å². The monoisotopic (exact) mass is 280 g/mol. The number of methoxy groups -OCH3 is 1. The Balaban J connectivity index is 2.29. The van der Waals surface area contributed by atoms with Gasteiger partial charge in [-0.15, -0.1) is 0 Å². The summed E-state index contributed by atoms with van der Waals surface area (Å²) in [6.45, 7) is 0. The van der Waals surface area contributed by atoms with Crippen molar-refractivity contribution in [1.29, 1.82) is 0 Å². The molecular weight excluding hydrogens is 272 g/mol. The van der Waals surface area contributed by atoms with Gasteiger partial charge >= 0.3 is 5.69 Å². The van der Waals surface area contributed by atoms with Crippen LogP contribution in [0.15, 0.2) is 36.5 Å². The first-order chi connectivity index (χ1) is 9.10. The molecule has 1 heterocycles. The van der Waals surface area contributed by atoms with Crippen molar-refractivity contribution in [2.24, 2.45) is 0 Å². The summed E-state index contributed by atoms with van der Waals surface area (Å²) in [5.41, 5.74) is -0.240. The lowest BCUT2D eigenvalue weighted by molar-refractivity contribution is -0.385. The van der Waals surface area contributed by atoms with E-state index in [0.29, 0.717) is 11.5 Å². The minimum absolute atomic E-state index is 0.0274. The van der Waals surface area contributed by atoms with Gasteiger partial charge in [0.25, 0.3) is 0 Å². The smallest absolute Gasteiger partial charge is 0.316 e. The molecule has 2 aromatic rings. The fourth-order valence-corrected chi connectivity index (χ4v) is 1.55.